The molecule has 0 radical (unpaired) electrons. The summed E-state index contributed by atoms with van der Waals surface area (Å²) in [5.74, 6) is -0.0161. The van der Waals surface area contributed by atoms with E-state index in [1.807, 2.05) is 73.7 Å². The molecule has 1 N–H and O–H groups in total. The minimum atomic E-state index is -0.353. The Labute approximate surface area is 188 Å². The SMILES string of the molecule is CC(Sc1nc2sc(-c3ccccc3)cc2c(=O)n1-c1ccccc1)C(=O)NC1CC1. The van der Waals surface area contributed by atoms with E-state index in [9.17, 15) is 9.59 Å². The number of carbonyl (C=O) groups excluding carboxylic acids is 1. The van der Waals surface area contributed by atoms with Crippen LogP contribution in [0.15, 0.2) is 76.7 Å². The molecule has 1 fully saturated rings. The Balaban J connectivity index is 1.61. The maximum absolute atomic E-state index is 13.5. The molecule has 156 valence electrons. The third kappa shape index (κ3) is 4.16. The van der Waals surface area contributed by atoms with E-state index in [2.05, 4.69) is 5.32 Å². The van der Waals surface area contributed by atoms with Crippen molar-refractivity contribution in [3.05, 3.63) is 77.1 Å². The summed E-state index contributed by atoms with van der Waals surface area (Å²) in [6, 6.07) is 21.7. The molecule has 5 nitrogen and oxygen atoms in total. The molecule has 1 aliphatic carbocycles. The molecule has 0 bridgehead atoms. The van der Waals surface area contributed by atoms with Crippen molar-refractivity contribution in [3.8, 4) is 16.1 Å². The smallest absolute Gasteiger partial charge is 0.267 e. The Kier molecular flexibility index (Phi) is 5.38. The quantitative estimate of drug-likeness (QED) is 0.338. The van der Waals surface area contributed by atoms with Crippen molar-refractivity contribution in [2.24, 2.45) is 0 Å². The van der Waals surface area contributed by atoms with Crippen molar-refractivity contribution in [1.29, 1.82) is 0 Å². The molecule has 2 aromatic carbocycles. The fourth-order valence-electron chi connectivity index (χ4n) is 3.35. The van der Waals surface area contributed by atoms with Gasteiger partial charge in [-0.25, -0.2) is 4.98 Å². The van der Waals surface area contributed by atoms with E-state index in [1.54, 1.807) is 4.57 Å². The number of thioether (sulfide) groups is 1. The fourth-order valence-corrected chi connectivity index (χ4v) is 5.36. The third-order valence-electron chi connectivity index (χ3n) is 5.18. The normalized spacial score (nSPS) is 14.5. The van der Waals surface area contributed by atoms with E-state index in [0.717, 1.165) is 29.0 Å². The van der Waals surface area contributed by atoms with Crippen molar-refractivity contribution in [2.75, 3.05) is 0 Å². The Morgan fingerprint density at radius 3 is 2.48 bits per heavy atom. The van der Waals surface area contributed by atoms with Crippen LogP contribution in [-0.4, -0.2) is 26.8 Å². The molecule has 1 amide bonds. The van der Waals surface area contributed by atoms with E-state index < -0.39 is 0 Å². The molecule has 4 aromatic rings. The van der Waals surface area contributed by atoms with E-state index in [1.165, 1.54) is 23.1 Å². The highest BCUT2D eigenvalue weighted by atomic mass is 32.2. The number of carbonyl (C=O) groups is 1. The minimum Gasteiger partial charge on any atom is -0.352 e. The zero-order valence-electron chi connectivity index (χ0n) is 16.9. The molecule has 0 saturated heterocycles. The summed E-state index contributed by atoms with van der Waals surface area (Å²) in [6.07, 6.45) is 2.08. The van der Waals surface area contributed by atoms with Gasteiger partial charge >= 0.3 is 0 Å². The van der Waals surface area contributed by atoms with Gasteiger partial charge in [0.15, 0.2) is 5.16 Å². The predicted molar refractivity (Wildman–Crippen MR) is 127 cm³/mol. The van der Waals surface area contributed by atoms with Gasteiger partial charge in [0.25, 0.3) is 5.56 Å². The zero-order chi connectivity index (χ0) is 21.4. The number of amides is 1. The molecule has 0 aliphatic heterocycles. The lowest BCUT2D eigenvalue weighted by atomic mass is 10.2. The molecule has 1 saturated carbocycles. The van der Waals surface area contributed by atoms with Crippen LogP contribution < -0.4 is 10.9 Å². The first-order valence-electron chi connectivity index (χ1n) is 10.2. The number of hydrogen-bond donors (Lipinski definition) is 1. The molecule has 2 heterocycles. The third-order valence-corrected chi connectivity index (χ3v) is 7.31. The lowest BCUT2D eigenvalue weighted by Crippen LogP contribution is -2.33. The second-order valence-corrected chi connectivity index (χ2v) is 9.95. The number of thiophene rings is 1. The van der Waals surface area contributed by atoms with Crippen LogP contribution in [-0.2, 0) is 4.79 Å². The molecule has 0 spiro atoms. The number of nitrogens with one attached hydrogen (secondary N) is 1. The number of para-hydroxylation sites is 1. The van der Waals surface area contributed by atoms with Crippen LogP contribution in [0.3, 0.4) is 0 Å². The highest BCUT2D eigenvalue weighted by molar-refractivity contribution is 8.00. The summed E-state index contributed by atoms with van der Waals surface area (Å²) in [6.45, 7) is 1.86. The van der Waals surface area contributed by atoms with Crippen LogP contribution in [0.5, 0.6) is 0 Å². The second kappa shape index (κ2) is 8.32. The van der Waals surface area contributed by atoms with Crippen molar-refractivity contribution < 1.29 is 4.79 Å². The van der Waals surface area contributed by atoms with Crippen molar-refractivity contribution >= 4 is 39.2 Å². The molecular weight excluding hydrogens is 426 g/mol. The van der Waals surface area contributed by atoms with Gasteiger partial charge in [-0.3, -0.25) is 14.2 Å². The van der Waals surface area contributed by atoms with Gasteiger partial charge in [0.05, 0.1) is 16.3 Å². The van der Waals surface area contributed by atoms with Gasteiger partial charge in [0.2, 0.25) is 5.91 Å². The Bertz CT molecular complexity index is 1300. The zero-order valence-corrected chi connectivity index (χ0v) is 18.6. The fraction of sp³-hybridized carbons (Fsp3) is 0.208. The number of fused-ring (bicyclic) bond motifs is 1. The van der Waals surface area contributed by atoms with Crippen LogP contribution >= 0.6 is 23.1 Å². The second-order valence-electron chi connectivity index (χ2n) is 7.61. The van der Waals surface area contributed by atoms with Crippen molar-refractivity contribution in [2.45, 2.75) is 36.2 Å². The predicted octanol–water partition coefficient (Wildman–Crippen LogP) is 4.87. The Morgan fingerprint density at radius 1 is 1.13 bits per heavy atom. The standard InChI is InChI=1S/C24H21N3O2S2/c1-15(21(28)25-17-12-13-17)30-24-26-22-19(14-20(31-22)16-8-4-2-5-9-16)23(29)27(24)18-10-6-3-7-11-18/h2-11,14-15,17H,12-13H2,1H3,(H,25,28). The van der Waals surface area contributed by atoms with Gasteiger partial charge in [-0.2, -0.15) is 0 Å². The molecule has 7 heteroatoms. The highest BCUT2D eigenvalue weighted by Gasteiger charge is 2.27. The summed E-state index contributed by atoms with van der Waals surface area (Å²) in [7, 11) is 0. The van der Waals surface area contributed by atoms with Crippen molar-refractivity contribution in [1.82, 2.24) is 14.9 Å². The van der Waals surface area contributed by atoms with Crippen LogP contribution in [0.1, 0.15) is 19.8 Å². The van der Waals surface area contributed by atoms with Crippen LogP contribution in [0, 0.1) is 0 Å². The highest BCUT2D eigenvalue weighted by Crippen LogP contribution is 2.33. The molecular formula is C24H21N3O2S2. The lowest BCUT2D eigenvalue weighted by molar-refractivity contribution is -0.120. The van der Waals surface area contributed by atoms with Gasteiger partial charge in [-0.15, -0.1) is 11.3 Å². The summed E-state index contributed by atoms with van der Waals surface area (Å²) >= 11 is 2.82. The van der Waals surface area contributed by atoms with Gasteiger partial charge < -0.3 is 5.32 Å². The summed E-state index contributed by atoms with van der Waals surface area (Å²) in [5.41, 5.74) is 1.68. The van der Waals surface area contributed by atoms with Crippen LogP contribution in [0.4, 0.5) is 0 Å². The number of aromatic nitrogens is 2. The van der Waals surface area contributed by atoms with Crippen LogP contribution in [0.25, 0.3) is 26.3 Å². The molecule has 2 aromatic heterocycles. The van der Waals surface area contributed by atoms with Gasteiger partial charge in [-0.05, 0) is 43.5 Å². The molecule has 31 heavy (non-hydrogen) atoms. The average molecular weight is 448 g/mol. The van der Waals surface area contributed by atoms with E-state index in [4.69, 9.17) is 4.98 Å². The van der Waals surface area contributed by atoms with Crippen molar-refractivity contribution in [3.63, 3.8) is 0 Å². The summed E-state index contributed by atoms with van der Waals surface area (Å²) in [5, 5.41) is 3.81. The number of benzene rings is 2. The van der Waals surface area contributed by atoms with E-state index in [0.29, 0.717) is 21.4 Å². The maximum atomic E-state index is 13.5. The van der Waals surface area contributed by atoms with Gasteiger partial charge in [0, 0.05) is 10.9 Å². The van der Waals surface area contributed by atoms with Crippen LogP contribution in [0.2, 0.25) is 0 Å². The number of hydrogen-bond acceptors (Lipinski definition) is 5. The number of rotatable bonds is 6. The monoisotopic (exact) mass is 447 g/mol. The summed E-state index contributed by atoms with van der Waals surface area (Å²) < 4.78 is 1.62. The average Bonchev–Trinajstić information content (AvgIpc) is 3.50. The minimum absolute atomic E-state index is 0.0161. The largest absolute Gasteiger partial charge is 0.352 e. The number of nitrogens with zero attached hydrogens (tertiary/aromatic N) is 2. The van der Waals surface area contributed by atoms with Gasteiger partial charge in [0.1, 0.15) is 4.83 Å². The topological polar surface area (TPSA) is 64.0 Å². The Hall–Kier alpha value is -2.90. The Morgan fingerprint density at radius 2 is 1.81 bits per heavy atom. The first-order valence-corrected chi connectivity index (χ1v) is 11.9. The van der Waals surface area contributed by atoms with E-state index >= 15 is 0 Å². The molecule has 1 atom stereocenters. The molecule has 1 unspecified atom stereocenters. The first-order chi connectivity index (χ1) is 15.1. The summed E-state index contributed by atoms with van der Waals surface area (Å²) in [4.78, 5) is 32.6. The van der Waals surface area contributed by atoms with E-state index in [-0.39, 0.29) is 16.7 Å². The molecule has 5 rings (SSSR count). The maximum Gasteiger partial charge on any atom is 0.267 e. The van der Waals surface area contributed by atoms with Gasteiger partial charge in [-0.1, -0.05) is 60.3 Å². The molecule has 1 aliphatic rings. The lowest BCUT2D eigenvalue weighted by Gasteiger charge is -2.15. The first kappa shape index (κ1) is 20.0.